The fourth-order valence-electron chi connectivity index (χ4n) is 4.57. The zero-order valence-corrected chi connectivity index (χ0v) is 17.4. The van der Waals surface area contributed by atoms with Crippen LogP contribution < -0.4 is 4.90 Å². The lowest BCUT2D eigenvalue weighted by atomic mass is 10.0. The Morgan fingerprint density at radius 1 is 1.03 bits per heavy atom. The van der Waals surface area contributed by atoms with Gasteiger partial charge in [-0.2, -0.15) is 0 Å². The van der Waals surface area contributed by atoms with Gasteiger partial charge in [-0.3, -0.25) is 9.69 Å². The smallest absolute Gasteiger partial charge is 0.307 e. The van der Waals surface area contributed by atoms with Crippen molar-refractivity contribution in [3.8, 4) is 0 Å². The molecule has 5 nitrogen and oxygen atoms in total. The summed E-state index contributed by atoms with van der Waals surface area (Å²) in [5, 5.41) is 10.3. The molecule has 1 aliphatic heterocycles. The number of benzene rings is 2. The van der Waals surface area contributed by atoms with Gasteiger partial charge in [-0.25, -0.2) is 0 Å². The average Bonchev–Trinajstić information content (AvgIpc) is 3.05. The topological polar surface area (TPSA) is 48.7 Å². The zero-order valence-electron chi connectivity index (χ0n) is 17.4. The van der Waals surface area contributed by atoms with E-state index in [9.17, 15) is 4.79 Å². The molecule has 0 radical (unpaired) electrons. The first-order valence-electron chi connectivity index (χ1n) is 10.3. The van der Waals surface area contributed by atoms with E-state index in [4.69, 9.17) is 5.11 Å². The van der Waals surface area contributed by atoms with Gasteiger partial charge in [-0.15, -0.1) is 0 Å². The summed E-state index contributed by atoms with van der Waals surface area (Å²) in [5.41, 5.74) is 4.59. The lowest BCUT2D eigenvalue weighted by molar-refractivity contribution is -0.136. The molecule has 0 unspecified atom stereocenters. The molecule has 5 heteroatoms. The molecule has 1 saturated heterocycles. The second kappa shape index (κ2) is 7.91. The average molecular weight is 392 g/mol. The van der Waals surface area contributed by atoms with E-state index in [1.54, 1.807) is 0 Å². The molecule has 0 saturated carbocycles. The Balaban J connectivity index is 1.48. The van der Waals surface area contributed by atoms with Crippen molar-refractivity contribution in [1.29, 1.82) is 0 Å². The maximum Gasteiger partial charge on any atom is 0.307 e. The number of piperazine rings is 1. The third-order valence-electron chi connectivity index (χ3n) is 6.05. The number of hydrogen-bond donors (Lipinski definition) is 1. The molecule has 1 aromatic heterocycles. The summed E-state index contributed by atoms with van der Waals surface area (Å²) in [4.78, 5) is 16.0. The summed E-state index contributed by atoms with van der Waals surface area (Å²) in [6.07, 6.45) is 2.19. The van der Waals surface area contributed by atoms with Gasteiger partial charge in [0.05, 0.1) is 6.42 Å². The summed E-state index contributed by atoms with van der Waals surface area (Å²) < 4.78 is 2.15. The Kier molecular flexibility index (Phi) is 5.33. The van der Waals surface area contributed by atoms with E-state index < -0.39 is 5.97 Å². The number of fused-ring (bicyclic) bond motifs is 1. The summed E-state index contributed by atoms with van der Waals surface area (Å²) >= 11 is 0. The van der Waals surface area contributed by atoms with Crippen LogP contribution >= 0.6 is 0 Å². The van der Waals surface area contributed by atoms with Gasteiger partial charge >= 0.3 is 5.97 Å². The minimum atomic E-state index is -0.784. The number of hydrogen-bond acceptors (Lipinski definition) is 3. The molecule has 0 spiro atoms. The minimum Gasteiger partial charge on any atom is -0.481 e. The molecule has 1 N–H and O–H groups in total. The van der Waals surface area contributed by atoms with Gasteiger partial charge in [0.15, 0.2) is 0 Å². The highest BCUT2D eigenvalue weighted by atomic mass is 16.4. The molecule has 0 bridgehead atoms. The Morgan fingerprint density at radius 3 is 2.48 bits per heavy atom. The normalized spacial score (nSPS) is 20.3. The Labute approximate surface area is 172 Å². The van der Waals surface area contributed by atoms with Gasteiger partial charge < -0.3 is 14.6 Å². The Bertz CT molecular complexity index is 1010. The van der Waals surface area contributed by atoms with Crippen molar-refractivity contribution in [2.75, 3.05) is 18.0 Å². The van der Waals surface area contributed by atoms with Crippen LogP contribution in [0.4, 0.5) is 5.69 Å². The van der Waals surface area contributed by atoms with Crippen LogP contribution in [0.5, 0.6) is 0 Å². The van der Waals surface area contributed by atoms with E-state index >= 15 is 0 Å². The maximum absolute atomic E-state index is 11.0. The van der Waals surface area contributed by atoms with Crippen molar-refractivity contribution in [3.63, 3.8) is 0 Å². The second-order valence-electron chi connectivity index (χ2n) is 8.34. The first kappa shape index (κ1) is 19.5. The third-order valence-corrected chi connectivity index (χ3v) is 6.05. The van der Waals surface area contributed by atoms with Crippen LogP contribution in [0, 0.1) is 0 Å². The molecule has 2 aromatic carbocycles. The summed E-state index contributed by atoms with van der Waals surface area (Å²) in [5.74, 6) is -0.784. The van der Waals surface area contributed by atoms with Crippen LogP contribution in [0.25, 0.3) is 10.9 Å². The van der Waals surface area contributed by atoms with Gasteiger partial charge in [0.25, 0.3) is 0 Å². The highest BCUT2D eigenvalue weighted by molar-refractivity contribution is 5.84. The molecule has 152 valence electrons. The number of aromatic nitrogens is 1. The number of aliphatic carboxylic acids is 1. The molecule has 29 heavy (non-hydrogen) atoms. The molecule has 0 aliphatic carbocycles. The van der Waals surface area contributed by atoms with Gasteiger partial charge in [0, 0.05) is 61.6 Å². The van der Waals surface area contributed by atoms with Crippen molar-refractivity contribution >= 4 is 22.6 Å². The molecule has 3 aromatic rings. The number of rotatable bonds is 5. The van der Waals surface area contributed by atoms with Crippen molar-refractivity contribution in [2.24, 2.45) is 7.05 Å². The highest BCUT2D eigenvalue weighted by Crippen LogP contribution is 2.27. The minimum absolute atomic E-state index is 0.0781. The largest absolute Gasteiger partial charge is 0.481 e. The van der Waals surface area contributed by atoms with E-state index in [1.165, 1.54) is 22.2 Å². The van der Waals surface area contributed by atoms with E-state index in [2.05, 4.69) is 71.8 Å². The molecule has 0 amide bonds. The number of carboxylic acids is 1. The highest BCUT2D eigenvalue weighted by Gasteiger charge is 2.29. The molecule has 2 heterocycles. The molecule has 1 aliphatic rings. The lowest BCUT2D eigenvalue weighted by Gasteiger charge is -2.45. The summed E-state index contributed by atoms with van der Waals surface area (Å²) in [6.45, 7) is 7.38. The number of carboxylic acid groups (broad SMARTS) is 1. The van der Waals surface area contributed by atoms with Crippen LogP contribution in [0.1, 0.15) is 25.0 Å². The first-order chi connectivity index (χ1) is 13.9. The number of anilines is 1. The number of carbonyl (C=O) groups is 1. The van der Waals surface area contributed by atoms with Crippen molar-refractivity contribution in [3.05, 3.63) is 65.9 Å². The van der Waals surface area contributed by atoms with E-state index in [1.807, 2.05) is 18.2 Å². The van der Waals surface area contributed by atoms with Gasteiger partial charge in [-0.05, 0) is 49.2 Å². The van der Waals surface area contributed by atoms with Crippen LogP contribution in [-0.4, -0.2) is 45.7 Å². The number of nitrogens with zero attached hydrogens (tertiary/aromatic N) is 3. The summed E-state index contributed by atoms with van der Waals surface area (Å²) in [6, 6.07) is 17.7. The standard InChI is InChI=1S/C24H29N3O2/c1-17-14-26(22-7-8-23-21(13-22)9-10-25(23)3)15-18(2)27(17)16-20-6-4-5-19(11-20)12-24(28)29/h4-11,13,17-18H,12,14-16H2,1-3H3,(H,28,29)/t17-,18+. The predicted octanol–water partition coefficient (Wildman–Crippen LogP) is 3.90. The van der Waals surface area contributed by atoms with Crippen LogP contribution in [0.15, 0.2) is 54.7 Å². The van der Waals surface area contributed by atoms with Crippen LogP contribution in [0.3, 0.4) is 0 Å². The Hall–Kier alpha value is -2.79. The van der Waals surface area contributed by atoms with E-state index in [0.29, 0.717) is 12.1 Å². The SMILES string of the molecule is C[C@@H]1CN(c2ccc3c(ccn3C)c2)C[C@H](C)N1Cc1cccc(CC(=O)O)c1. The van der Waals surface area contributed by atoms with Gasteiger partial charge in [0.2, 0.25) is 0 Å². The predicted molar refractivity (Wildman–Crippen MR) is 117 cm³/mol. The fourth-order valence-corrected chi connectivity index (χ4v) is 4.57. The van der Waals surface area contributed by atoms with Crippen molar-refractivity contribution in [2.45, 2.75) is 38.9 Å². The van der Waals surface area contributed by atoms with Crippen molar-refractivity contribution in [1.82, 2.24) is 9.47 Å². The summed E-state index contributed by atoms with van der Waals surface area (Å²) in [7, 11) is 2.08. The van der Waals surface area contributed by atoms with E-state index in [0.717, 1.165) is 25.2 Å². The maximum atomic E-state index is 11.0. The van der Waals surface area contributed by atoms with Crippen LogP contribution in [0.2, 0.25) is 0 Å². The quantitative estimate of drug-likeness (QED) is 0.717. The van der Waals surface area contributed by atoms with Crippen molar-refractivity contribution < 1.29 is 9.90 Å². The molecule has 2 atom stereocenters. The third kappa shape index (κ3) is 4.15. The zero-order chi connectivity index (χ0) is 20.5. The fraction of sp³-hybridized carbons (Fsp3) is 0.375. The van der Waals surface area contributed by atoms with Crippen LogP contribution in [-0.2, 0) is 24.8 Å². The monoisotopic (exact) mass is 391 g/mol. The van der Waals surface area contributed by atoms with Gasteiger partial charge in [-0.1, -0.05) is 24.3 Å². The molecule has 1 fully saturated rings. The molecular weight excluding hydrogens is 362 g/mol. The second-order valence-corrected chi connectivity index (χ2v) is 8.34. The van der Waals surface area contributed by atoms with Gasteiger partial charge in [0.1, 0.15) is 0 Å². The lowest BCUT2D eigenvalue weighted by Crippen LogP contribution is -2.56. The number of aryl methyl sites for hydroxylation is 1. The Morgan fingerprint density at radius 2 is 1.76 bits per heavy atom. The molecule has 4 rings (SSSR count). The molecular formula is C24H29N3O2. The van der Waals surface area contributed by atoms with E-state index in [-0.39, 0.29) is 6.42 Å². The first-order valence-corrected chi connectivity index (χ1v) is 10.3.